The Labute approximate surface area is 121 Å². The van der Waals surface area contributed by atoms with E-state index >= 15 is 0 Å². The van der Waals surface area contributed by atoms with Crippen LogP contribution in [0.15, 0.2) is 28.8 Å². The molecular formula is C14H16N2O5. The lowest BCUT2D eigenvalue weighted by atomic mass is 10.3. The van der Waals surface area contributed by atoms with Crippen molar-refractivity contribution in [2.75, 3.05) is 13.7 Å². The number of aromatic nitrogens is 2. The zero-order valence-corrected chi connectivity index (χ0v) is 12.0. The molecule has 0 N–H and O–H groups in total. The minimum atomic E-state index is -0.625. The van der Waals surface area contributed by atoms with E-state index in [1.807, 2.05) is 6.07 Å². The molecule has 7 heteroatoms. The van der Waals surface area contributed by atoms with E-state index in [1.165, 1.54) is 7.11 Å². The quantitative estimate of drug-likeness (QED) is 0.753. The van der Waals surface area contributed by atoms with Gasteiger partial charge in [0.05, 0.1) is 7.11 Å². The normalized spacial score (nSPS) is 11.8. The molecule has 1 aromatic heterocycles. The molecule has 7 nitrogen and oxygen atoms in total. The Kier molecular flexibility index (Phi) is 4.76. The summed E-state index contributed by atoms with van der Waals surface area (Å²) in [7, 11) is 1.53. The van der Waals surface area contributed by atoms with Gasteiger partial charge in [0.15, 0.2) is 30.0 Å². The third-order valence-corrected chi connectivity index (χ3v) is 2.61. The number of aryl methyl sites for hydroxylation is 1. The first-order valence-electron chi connectivity index (χ1n) is 6.35. The number of carbonyl (C=O) groups excluding carboxylic acids is 1. The Morgan fingerprint density at radius 3 is 2.67 bits per heavy atom. The SMILES string of the molecule is COc1ccccc1OCC(=O)OC(C)c1nc(C)no1. The molecule has 1 atom stereocenters. The second-order valence-corrected chi connectivity index (χ2v) is 4.25. The lowest BCUT2D eigenvalue weighted by Crippen LogP contribution is -2.17. The molecule has 0 saturated carbocycles. The van der Waals surface area contributed by atoms with E-state index in [1.54, 1.807) is 32.0 Å². The van der Waals surface area contributed by atoms with E-state index in [4.69, 9.17) is 18.7 Å². The highest BCUT2D eigenvalue weighted by atomic mass is 16.6. The van der Waals surface area contributed by atoms with Crippen LogP contribution >= 0.6 is 0 Å². The van der Waals surface area contributed by atoms with Crippen LogP contribution in [0.25, 0.3) is 0 Å². The van der Waals surface area contributed by atoms with Crippen LogP contribution in [0.2, 0.25) is 0 Å². The van der Waals surface area contributed by atoms with E-state index < -0.39 is 12.1 Å². The molecule has 1 unspecified atom stereocenters. The number of hydrogen-bond donors (Lipinski definition) is 0. The maximum atomic E-state index is 11.7. The molecule has 112 valence electrons. The number of hydrogen-bond acceptors (Lipinski definition) is 7. The van der Waals surface area contributed by atoms with E-state index in [0.29, 0.717) is 17.3 Å². The highest BCUT2D eigenvalue weighted by Crippen LogP contribution is 2.25. The topological polar surface area (TPSA) is 83.7 Å². The molecule has 2 aromatic rings. The molecule has 0 aliphatic rings. The van der Waals surface area contributed by atoms with Crippen LogP contribution in [-0.2, 0) is 9.53 Å². The molecule has 2 rings (SSSR count). The van der Waals surface area contributed by atoms with Gasteiger partial charge in [0.2, 0.25) is 0 Å². The highest BCUT2D eigenvalue weighted by Gasteiger charge is 2.18. The maximum Gasteiger partial charge on any atom is 0.344 e. The summed E-state index contributed by atoms with van der Waals surface area (Å²) in [6.07, 6.45) is -0.625. The van der Waals surface area contributed by atoms with Crippen molar-refractivity contribution in [3.05, 3.63) is 36.0 Å². The van der Waals surface area contributed by atoms with Crippen LogP contribution < -0.4 is 9.47 Å². The Bertz CT molecular complexity index is 611. The van der Waals surface area contributed by atoms with Gasteiger partial charge in [0.1, 0.15) is 0 Å². The second-order valence-electron chi connectivity index (χ2n) is 4.25. The number of ether oxygens (including phenoxy) is 3. The number of carbonyl (C=O) groups is 1. The number of esters is 1. The summed E-state index contributed by atoms with van der Waals surface area (Å²) < 4.78 is 20.6. The molecule has 0 fully saturated rings. The van der Waals surface area contributed by atoms with Crippen molar-refractivity contribution in [3.8, 4) is 11.5 Å². The average Bonchev–Trinajstić information content (AvgIpc) is 2.92. The fraction of sp³-hybridized carbons (Fsp3) is 0.357. The predicted molar refractivity (Wildman–Crippen MR) is 72.0 cm³/mol. The summed E-state index contributed by atoms with van der Waals surface area (Å²) in [5.41, 5.74) is 0. The maximum absolute atomic E-state index is 11.7. The summed E-state index contributed by atoms with van der Waals surface area (Å²) in [6, 6.07) is 7.04. The van der Waals surface area contributed by atoms with Crippen molar-refractivity contribution in [3.63, 3.8) is 0 Å². The van der Waals surface area contributed by atoms with Gasteiger partial charge in [-0.2, -0.15) is 4.98 Å². The third-order valence-electron chi connectivity index (χ3n) is 2.61. The molecule has 0 aliphatic carbocycles. The first kappa shape index (κ1) is 14.8. The van der Waals surface area contributed by atoms with Gasteiger partial charge in [0.25, 0.3) is 5.89 Å². The van der Waals surface area contributed by atoms with Gasteiger partial charge in [-0.3, -0.25) is 0 Å². The number of benzene rings is 1. The van der Waals surface area contributed by atoms with Crippen molar-refractivity contribution in [2.45, 2.75) is 20.0 Å². The first-order chi connectivity index (χ1) is 10.1. The van der Waals surface area contributed by atoms with Gasteiger partial charge < -0.3 is 18.7 Å². The molecule has 1 aromatic carbocycles. The molecule has 21 heavy (non-hydrogen) atoms. The minimum absolute atomic E-state index is 0.238. The summed E-state index contributed by atoms with van der Waals surface area (Å²) in [4.78, 5) is 15.7. The van der Waals surface area contributed by atoms with Crippen LogP contribution in [0.3, 0.4) is 0 Å². The Morgan fingerprint density at radius 2 is 2.05 bits per heavy atom. The molecule has 0 radical (unpaired) electrons. The van der Waals surface area contributed by atoms with E-state index in [0.717, 1.165) is 0 Å². The number of nitrogens with zero attached hydrogens (tertiary/aromatic N) is 2. The van der Waals surface area contributed by atoms with Gasteiger partial charge in [-0.1, -0.05) is 17.3 Å². The lowest BCUT2D eigenvalue weighted by molar-refractivity contribution is -0.152. The van der Waals surface area contributed by atoms with E-state index in [9.17, 15) is 4.79 Å². The Balaban J connectivity index is 1.87. The van der Waals surface area contributed by atoms with Gasteiger partial charge >= 0.3 is 5.97 Å². The van der Waals surface area contributed by atoms with Crippen molar-refractivity contribution in [1.29, 1.82) is 0 Å². The van der Waals surface area contributed by atoms with Crippen molar-refractivity contribution in [1.82, 2.24) is 10.1 Å². The van der Waals surface area contributed by atoms with Crippen LogP contribution in [0.4, 0.5) is 0 Å². The van der Waals surface area contributed by atoms with Gasteiger partial charge in [-0.25, -0.2) is 4.79 Å². The monoisotopic (exact) mass is 292 g/mol. The van der Waals surface area contributed by atoms with Crippen LogP contribution in [0.5, 0.6) is 11.5 Å². The highest BCUT2D eigenvalue weighted by molar-refractivity contribution is 5.71. The summed E-state index contributed by atoms with van der Waals surface area (Å²) in [6.45, 7) is 3.10. The molecule has 0 bridgehead atoms. The predicted octanol–water partition coefficient (Wildman–Crippen LogP) is 2.07. The number of methoxy groups -OCH3 is 1. The van der Waals surface area contributed by atoms with Gasteiger partial charge in [-0.15, -0.1) is 0 Å². The Morgan fingerprint density at radius 1 is 1.33 bits per heavy atom. The zero-order chi connectivity index (χ0) is 15.2. The first-order valence-corrected chi connectivity index (χ1v) is 6.35. The molecule has 0 spiro atoms. The standard InChI is InChI=1S/C14H16N2O5/c1-9(14-15-10(2)16-21-14)20-13(17)8-19-12-7-5-4-6-11(12)18-3/h4-7,9H,8H2,1-3H3. The zero-order valence-electron chi connectivity index (χ0n) is 12.0. The second kappa shape index (κ2) is 6.74. The van der Waals surface area contributed by atoms with Crippen molar-refractivity contribution < 1.29 is 23.5 Å². The van der Waals surface area contributed by atoms with Gasteiger partial charge in [0, 0.05) is 0 Å². The lowest BCUT2D eigenvalue weighted by Gasteiger charge is -2.11. The summed E-state index contributed by atoms with van der Waals surface area (Å²) in [5.74, 6) is 1.21. The molecule has 0 saturated heterocycles. The van der Waals surface area contributed by atoms with E-state index in [-0.39, 0.29) is 12.5 Å². The van der Waals surface area contributed by atoms with Crippen LogP contribution in [0, 0.1) is 6.92 Å². The molecular weight excluding hydrogens is 276 g/mol. The van der Waals surface area contributed by atoms with E-state index in [2.05, 4.69) is 10.1 Å². The smallest absolute Gasteiger partial charge is 0.344 e. The van der Waals surface area contributed by atoms with Crippen LogP contribution in [-0.4, -0.2) is 29.8 Å². The largest absolute Gasteiger partial charge is 0.493 e. The third kappa shape index (κ3) is 3.95. The summed E-state index contributed by atoms with van der Waals surface area (Å²) >= 11 is 0. The van der Waals surface area contributed by atoms with Crippen molar-refractivity contribution >= 4 is 5.97 Å². The minimum Gasteiger partial charge on any atom is -0.493 e. The molecule has 1 heterocycles. The fourth-order valence-corrected chi connectivity index (χ4v) is 1.63. The van der Waals surface area contributed by atoms with Crippen molar-refractivity contribution in [2.24, 2.45) is 0 Å². The summed E-state index contributed by atoms with van der Waals surface area (Å²) in [5, 5.41) is 3.64. The fourth-order valence-electron chi connectivity index (χ4n) is 1.63. The number of rotatable bonds is 6. The molecule has 0 amide bonds. The van der Waals surface area contributed by atoms with Crippen LogP contribution in [0.1, 0.15) is 24.7 Å². The van der Waals surface area contributed by atoms with Gasteiger partial charge in [-0.05, 0) is 26.0 Å². The Hall–Kier alpha value is -2.57. The number of para-hydroxylation sites is 2. The molecule has 0 aliphatic heterocycles. The average molecular weight is 292 g/mol.